The summed E-state index contributed by atoms with van der Waals surface area (Å²) in [5, 5.41) is 8.20. The highest BCUT2D eigenvalue weighted by Gasteiger charge is 2.32. The second-order valence-corrected chi connectivity index (χ2v) is 6.45. The molecule has 0 saturated heterocycles. The number of aromatic nitrogens is 2. The molecule has 5 nitrogen and oxygen atoms in total. The van der Waals surface area contributed by atoms with Crippen LogP contribution in [0, 0.1) is 12.8 Å². The van der Waals surface area contributed by atoms with Gasteiger partial charge in [0.2, 0.25) is 0 Å². The molecular weight excluding hydrogens is 264 g/mol. The molecule has 0 unspecified atom stereocenters. The first kappa shape index (κ1) is 16.3. The Balaban J connectivity index is 2.15. The summed E-state index contributed by atoms with van der Waals surface area (Å²) in [6, 6.07) is 0.666. The molecule has 0 aliphatic heterocycles. The largest absolute Gasteiger partial charge is 0.383 e. The Morgan fingerprint density at radius 2 is 2.14 bits per heavy atom. The maximum absolute atomic E-state index is 5.28. The van der Waals surface area contributed by atoms with E-state index in [1.54, 1.807) is 7.11 Å². The second kappa shape index (κ2) is 7.27. The van der Waals surface area contributed by atoms with Crippen LogP contribution >= 0.6 is 0 Å². The molecule has 1 fully saturated rings. The van der Waals surface area contributed by atoms with Crippen LogP contribution in [0.2, 0.25) is 0 Å². The Hall–Kier alpha value is -1.07. The molecule has 1 N–H and O–H groups in total. The zero-order chi connectivity index (χ0) is 15.4. The van der Waals surface area contributed by atoms with Crippen LogP contribution in [0.1, 0.15) is 37.9 Å². The van der Waals surface area contributed by atoms with E-state index in [1.807, 2.05) is 4.68 Å². The zero-order valence-corrected chi connectivity index (χ0v) is 14.1. The molecule has 0 spiro atoms. The fraction of sp³-hybridized carbons (Fsp3) is 0.812. The molecule has 1 aromatic heterocycles. The lowest BCUT2D eigenvalue weighted by Crippen LogP contribution is -2.32. The minimum atomic E-state index is 0.665. The molecule has 0 radical (unpaired) electrons. The van der Waals surface area contributed by atoms with Crippen molar-refractivity contribution in [2.45, 2.75) is 46.2 Å². The van der Waals surface area contributed by atoms with Crippen LogP contribution in [-0.4, -0.2) is 42.6 Å². The van der Waals surface area contributed by atoms with Crippen molar-refractivity contribution >= 4 is 5.82 Å². The summed E-state index contributed by atoms with van der Waals surface area (Å²) in [5.74, 6) is 1.93. The minimum Gasteiger partial charge on any atom is -0.383 e. The fourth-order valence-electron chi connectivity index (χ4n) is 2.78. The summed E-state index contributed by atoms with van der Waals surface area (Å²) in [6.45, 7) is 10.2. The van der Waals surface area contributed by atoms with Crippen molar-refractivity contribution in [3.63, 3.8) is 0 Å². The van der Waals surface area contributed by atoms with E-state index in [0.29, 0.717) is 12.0 Å². The van der Waals surface area contributed by atoms with Gasteiger partial charge in [0.05, 0.1) is 12.3 Å². The lowest BCUT2D eigenvalue weighted by Gasteiger charge is -2.26. The molecule has 5 heteroatoms. The molecular formula is C16H30N4O. The number of hydrogen-bond donors (Lipinski definition) is 1. The van der Waals surface area contributed by atoms with Crippen LogP contribution in [0.25, 0.3) is 0 Å². The van der Waals surface area contributed by atoms with Crippen molar-refractivity contribution in [3.8, 4) is 0 Å². The predicted molar refractivity (Wildman–Crippen MR) is 86.7 cm³/mol. The monoisotopic (exact) mass is 294 g/mol. The Morgan fingerprint density at radius 3 is 2.71 bits per heavy atom. The molecule has 1 heterocycles. The van der Waals surface area contributed by atoms with Crippen molar-refractivity contribution < 1.29 is 4.74 Å². The number of ether oxygens (including phenoxy) is 1. The van der Waals surface area contributed by atoms with Gasteiger partial charge >= 0.3 is 0 Å². The van der Waals surface area contributed by atoms with E-state index in [0.717, 1.165) is 31.9 Å². The highest BCUT2D eigenvalue weighted by molar-refractivity contribution is 5.52. The molecule has 120 valence electrons. The first-order chi connectivity index (χ1) is 10.0. The third-order valence-electron chi connectivity index (χ3n) is 3.96. The normalized spacial score (nSPS) is 15.0. The van der Waals surface area contributed by atoms with E-state index in [9.17, 15) is 0 Å². The van der Waals surface area contributed by atoms with Crippen LogP contribution < -0.4 is 10.2 Å². The molecule has 2 rings (SSSR count). The van der Waals surface area contributed by atoms with Gasteiger partial charge in [-0.25, -0.2) is 0 Å². The Morgan fingerprint density at radius 1 is 1.43 bits per heavy atom. The number of anilines is 1. The SMILES string of the molecule is COCCN(c1c(CNCC(C)C)c(C)nn1C)C1CC1. The number of rotatable bonds is 9. The quantitative estimate of drug-likeness (QED) is 0.757. The maximum atomic E-state index is 5.28. The average molecular weight is 294 g/mol. The zero-order valence-electron chi connectivity index (χ0n) is 14.1. The van der Waals surface area contributed by atoms with E-state index in [1.165, 1.54) is 24.2 Å². The summed E-state index contributed by atoms with van der Waals surface area (Å²) in [7, 11) is 3.82. The van der Waals surface area contributed by atoms with E-state index in [4.69, 9.17) is 4.74 Å². The van der Waals surface area contributed by atoms with Gasteiger partial charge in [0.15, 0.2) is 0 Å². The fourth-order valence-corrected chi connectivity index (χ4v) is 2.78. The number of nitrogens with one attached hydrogen (secondary N) is 1. The van der Waals surface area contributed by atoms with E-state index in [2.05, 4.69) is 43.1 Å². The molecule has 0 amide bonds. The molecule has 21 heavy (non-hydrogen) atoms. The van der Waals surface area contributed by atoms with Crippen LogP contribution in [-0.2, 0) is 18.3 Å². The van der Waals surface area contributed by atoms with Crippen molar-refractivity contribution in [3.05, 3.63) is 11.3 Å². The van der Waals surface area contributed by atoms with Gasteiger partial charge in [-0.15, -0.1) is 0 Å². The van der Waals surface area contributed by atoms with Crippen molar-refractivity contribution in [2.75, 3.05) is 31.7 Å². The summed E-state index contributed by atoms with van der Waals surface area (Å²) >= 11 is 0. The van der Waals surface area contributed by atoms with Gasteiger partial charge < -0.3 is 15.0 Å². The second-order valence-electron chi connectivity index (χ2n) is 6.45. The van der Waals surface area contributed by atoms with Gasteiger partial charge in [0.25, 0.3) is 0 Å². The number of hydrogen-bond acceptors (Lipinski definition) is 4. The highest BCUT2D eigenvalue weighted by atomic mass is 16.5. The summed E-state index contributed by atoms with van der Waals surface area (Å²) in [4.78, 5) is 2.48. The first-order valence-electron chi connectivity index (χ1n) is 8.03. The third-order valence-corrected chi connectivity index (χ3v) is 3.96. The summed E-state index contributed by atoms with van der Waals surface area (Å²) in [6.07, 6.45) is 2.57. The van der Waals surface area contributed by atoms with Gasteiger partial charge in [-0.3, -0.25) is 4.68 Å². The minimum absolute atomic E-state index is 0.665. The maximum Gasteiger partial charge on any atom is 0.131 e. The number of nitrogens with zero attached hydrogens (tertiary/aromatic N) is 3. The molecule has 0 bridgehead atoms. The van der Waals surface area contributed by atoms with Crippen LogP contribution in [0.5, 0.6) is 0 Å². The van der Waals surface area contributed by atoms with Crippen molar-refractivity contribution in [1.29, 1.82) is 0 Å². The van der Waals surface area contributed by atoms with E-state index in [-0.39, 0.29) is 0 Å². The van der Waals surface area contributed by atoms with Gasteiger partial charge in [0, 0.05) is 38.9 Å². The average Bonchev–Trinajstić information content (AvgIpc) is 3.20. The van der Waals surface area contributed by atoms with E-state index < -0.39 is 0 Å². The van der Waals surface area contributed by atoms with E-state index >= 15 is 0 Å². The smallest absolute Gasteiger partial charge is 0.131 e. The molecule has 1 aromatic rings. The Labute approximate surface area is 128 Å². The standard InChI is InChI=1S/C16H30N4O/c1-12(2)10-17-11-15-13(3)18-19(4)16(15)20(8-9-21-5)14-6-7-14/h12,14,17H,6-11H2,1-5H3. The van der Waals surface area contributed by atoms with Gasteiger partial charge in [-0.05, 0) is 32.2 Å². The molecule has 0 aromatic carbocycles. The third kappa shape index (κ3) is 4.20. The lowest BCUT2D eigenvalue weighted by atomic mass is 10.2. The molecule has 1 saturated carbocycles. The number of aryl methyl sites for hydroxylation is 2. The number of methoxy groups -OCH3 is 1. The predicted octanol–water partition coefficient (Wildman–Crippen LogP) is 2.09. The molecule has 1 aliphatic carbocycles. The highest BCUT2D eigenvalue weighted by Crippen LogP contribution is 2.34. The summed E-state index contributed by atoms with van der Waals surface area (Å²) < 4.78 is 7.32. The van der Waals surface area contributed by atoms with Gasteiger partial charge in [-0.2, -0.15) is 5.10 Å². The van der Waals surface area contributed by atoms with Crippen molar-refractivity contribution in [2.24, 2.45) is 13.0 Å². The molecule has 0 atom stereocenters. The van der Waals surface area contributed by atoms with Crippen LogP contribution in [0.4, 0.5) is 5.82 Å². The van der Waals surface area contributed by atoms with Crippen LogP contribution in [0.15, 0.2) is 0 Å². The lowest BCUT2D eigenvalue weighted by molar-refractivity contribution is 0.204. The van der Waals surface area contributed by atoms with Crippen LogP contribution in [0.3, 0.4) is 0 Å². The molecule has 1 aliphatic rings. The summed E-state index contributed by atoms with van der Waals surface area (Å²) in [5.41, 5.74) is 2.47. The van der Waals surface area contributed by atoms with Crippen molar-refractivity contribution in [1.82, 2.24) is 15.1 Å². The Bertz CT molecular complexity index is 451. The Kier molecular flexibility index (Phi) is 5.65. The van der Waals surface area contributed by atoms with Gasteiger partial charge in [0.1, 0.15) is 5.82 Å². The topological polar surface area (TPSA) is 42.3 Å². The van der Waals surface area contributed by atoms with Gasteiger partial charge in [-0.1, -0.05) is 13.8 Å². The first-order valence-corrected chi connectivity index (χ1v) is 8.03.